The Morgan fingerprint density at radius 3 is 2.00 bits per heavy atom. The van der Waals surface area contributed by atoms with Crippen molar-refractivity contribution in [3.63, 3.8) is 0 Å². The van der Waals surface area contributed by atoms with Gasteiger partial charge in [-0.25, -0.2) is 13.2 Å². The highest BCUT2D eigenvalue weighted by Gasteiger charge is 2.46. The average molecular weight is 388 g/mol. The van der Waals surface area contributed by atoms with Gasteiger partial charge < -0.3 is 9.80 Å². The van der Waals surface area contributed by atoms with Crippen molar-refractivity contribution in [3.05, 3.63) is 71.0 Å². The Morgan fingerprint density at radius 1 is 0.821 bits per heavy atom. The van der Waals surface area contributed by atoms with Gasteiger partial charge in [0.2, 0.25) is 5.91 Å². The number of carbonyl (C=O) groups is 2. The number of piperazine rings is 1. The van der Waals surface area contributed by atoms with E-state index in [0.717, 1.165) is 24.1 Å². The fourth-order valence-electron chi connectivity index (χ4n) is 3.77. The van der Waals surface area contributed by atoms with Crippen molar-refractivity contribution in [2.75, 3.05) is 26.2 Å². The van der Waals surface area contributed by atoms with Crippen LogP contribution in [0.5, 0.6) is 0 Å². The number of hydrogen-bond acceptors (Lipinski definition) is 2. The molecule has 2 aliphatic rings. The van der Waals surface area contributed by atoms with Gasteiger partial charge in [0.15, 0.2) is 0 Å². The lowest BCUT2D eigenvalue weighted by molar-refractivity contribution is -0.134. The third-order valence-electron chi connectivity index (χ3n) is 5.46. The minimum atomic E-state index is -0.886. The summed E-state index contributed by atoms with van der Waals surface area (Å²) in [6.45, 7) is 1.11. The quantitative estimate of drug-likeness (QED) is 0.810. The number of hydrogen-bond donors (Lipinski definition) is 0. The summed E-state index contributed by atoms with van der Waals surface area (Å²) in [7, 11) is 0. The Labute approximate surface area is 160 Å². The normalized spacial score (nSPS) is 21.5. The van der Waals surface area contributed by atoms with Crippen LogP contribution in [0.4, 0.5) is 13.2 Å². The topological polar surface area (TPSA) is 40.6 Å². The lowest BCUT2D eigenvalue weighted by Crippen LogP contribution is -2.51. The molecular formula is C21H19F3N2O2. The molecule has 0 aromatic heterocycles. The molecule has 2 aromatic carbocycles. The van der Waals surface area contributed by atoms with Crippen molar-refractivity contribution in [2.24, 2.45) is 5.92 Å². The van der Waals surface area contributed by atoms with E-state index in [9.17, 15) is 22.8 Å². The largest absolute Gasteiger partial charge is 0.339 e. The van der Waals surface area contributed by atoms with Crippen molar-refractivity contribution in [2.45, 2.75) is 12.3 Å². The van der Waals surface area contributed by atoms with Crippen LogP contribution in [0.3, 0.4) is 0 Å². The SMILES string of the molecule is O=C(c1c(F)cccc1F)N1CCN(C(=O)[C@@H]2C[C@H]2c2ccc(F)cc2)CC1. The second-order valence-electron chi connectivity index (χ2n) is 7.21. The van der Waals surface area contributed by atoms with E-state index in [0.29, 0.717) is 13.1 Å². The van der Waals surface area contributed by atoms with E-state index in [4.69, 9.17) is 0 Å². The lowest BCUT2D eigenvalue weighted by Gasteiger charge is -2.35. The molecule has 1 heterocycles. The third-order valence-corrected chi connectivity index (χ3v) is 5.46. The van der Waals surface area contributed by atoms with Gasteiger partial charge in [-0.15, -0.1) is 0 Å². The van der Waals surface area contributed by atoms with E-state index in [1.165, 1.54) is 23.1 Å². The van der Waals surface area contributed by atoms with Crippen LogP contribution in [0, 0.1) is 23.4 Å². The van der Waals surface area contributed by atoms with E-state index in [-0.39, 0.29) is 36.6 Å². The highest BCUT2D eigenvalue weighted by Crippen LogP contribution is 2.48. The summed E-state index contributed by atoms with van der Waals surface area (Å²) in [4.78, 5) is 28.2. The molecule has 0 N–H and O–H groups in total. The Morgan fingerprint density at radius 2 is 1.39 bits per heavy atom. The first-order chi connectivity index (χ1) is 13.5. The predicted octanol–water partition coefficient (Wildman–Crippen LogP) is 3.19. The lowest BCUT2D eigenvalue weighted by atomic mass is 10.1. The van der Waals surface area contributed by atoms with Gasteiger partial charge in [0.1, 0.15) is 23.0 Å². The van der Waals surface area contributed by atoms with Crippen molar-refractivity contribution in [1.29, 1.82) is 0 Å². The van der Waals surface area contributed by atoms with Crippen LogP contribution >= 0.6 is 0 Å². The average Bonchev–Trinajstić information content (AvgIpc) is 3.49. The molecule has 1 aliphatic carbocycles. The van der Waals surface area contributed by atoms with Crippen molar-refractivity contribution in [1.82, 2.24) is 9.80 Å². The molecule has 0 radical (unpaired) electrons. The fraction of sp³-hybridized carbons (Fsp3) is 0.333. The first-order valence-corrected chi connectivity index (χ1v) is 9.23. The molecule has 2 amide bonds. The molecule has 0 spiro atoms. The monoisotopic (exact) mass is 388 g/mol. The van der Waals surface area contributed by atoms with Crippen molar-refractivity contribution < 1.29 is 22.8 Å². The molecule has 7 heteroatoms. The smallest absolute Gasteiger partial charge is 0.259 e. The summed E-state index contributed by atoms with van der Waals surface area (Å²) in [6, 6.07) is 9.51. The summed E-state index contributed by atoms with van der Waals surface area (Å²) >= 11 is 0. The van der Waals surface area contributed by atoms with Crippen LogP contribution in [0.2, 0.25) is 0 Å². The first kappa shape index (κ1) is 18.5. The molecule has 1 saturated heterocycles. The number of halogens is 3. The van der Waals surface area contributed by atoms with Crippen LogP contribution in [-0.2, 0) is 4.79 Å². The number of nitrogens with zero attached hydrogens (tertiary/aromatic N) is 2. The maximum absolute atomic E-state index is 13.8. The molecule has 2 fully saturated rings. The summed E-state index contributed by atoms with van der Waals surface area (Å²) in [6.07, 6.45) is 0.726. The van der Waals surface area contributed by atoms with E-state index in [1.54, 1.807) is 17.0 Å². The molecule has 28 heavy (non-hydrogen) atoms. The van der Waals surface area contributed by atoms with Gasteiger partial charge in [0.25, 0.3) is 5.91 Å². The minimum Gasteiger partial charge on any atom is -0.339 e. The summed E-state index contributed by atoms with van der Waals surface area (Å²) in [5.74, 6) is -2.79. The van der Waals surface area contributed by atoms with Gasteiger partial charge in [-0.1, -0.05) is 18.2 Å². The third kappa shape index (κ3) is 3.48. The second-order valence-corrected chi connectivity index (χ2v) is 7.21. The van der Waals surface area contributed by atoms with Crippen LogP contribution in [-0.4, -0.2) is 47.8 Å². The Hall–Kier alpha value is -2.83. The van der Waals surface area contributed by atoms with Crippen LogP contribution in [0.25, 0.3) is 0 Å². The van der Waals surface area contributed by atoms with E-state index >= 15 is 0 Å². The molecule has 2 aromatic rings. The molecular weight excluding hydrogens is 369 g/mol. The molecule has 4 rings (SSSR count). The van der Waals surface area contributed by atoms with Crippen molar-refractivity contribution >= 4 is 11.8 Å². The molecule has 0 bridgehead atoms. The first-order valence-electron chi connectivity index (χ1n) is 9.23. The van der Waals surface area contributed by atoms with Gasteiger partial charge in [-0.3, -0.25) is 9.59 Å². The zero-order valence-corrected chi connectivity index (χ0v) is 15.1. The van der Waals surface area contributed by atoms with Gasteiger partial charge in [-0.2, -0.15) is 0 Å². The number of rotatable bonds is 3. The number of benzene rings is 2. The summed E-state index contributed by atoms with van der Waals surface area (Å²) in [5.41, 5.74) is 0.393. The molecule has 146 valence electrons. The Kier molecular flexibility index (Phi) is 4.83. The molecule has 1 aliphatic heterocycles. The van der Waals surface area contributed by atoms with Crippen molar-refractivity contribution in [3.8, 4) is 0 Å². The summed E-state index contributed by atoms with van der Waals surface area (Å²) in [5, 5.41) is 0. The Bertz CT molecular complexity index is 888. The summed E-state index contributed by atoms with van der Waals surface area (Å²) < 4.78 is 40.7. The zero-order chi connectivity index (χ0) is 19.8. The molecule has 4 nitrogen and oxygen atoms in total. The number of carbonyl (C=O) groups excluding carboxylic acids is 2. The fourth-order valence-corrected chi connectivity index (χ4v) is 3.77. The Balaban J connectivity index is 1.35. The van der Waals surface area contributed by atoms with Gasteiger partial charge in [0, 0.05) is 32.1 Å². The van der Waals surface area contributed by atoms with E-state index in [1.807, 2.05) is 0 Å². The second kappa shape index (κ2) is 7.30. The van der Waals surface area contributed by atoms with E-state index < -0.39 is 23.1 Å². The standard InChI is InChI=1S/C21H19F3N2O2/c22-14-6-4-13(5-7-14)15-12-16(15)20(27)25-8-10-26(11-9-25)21(28)19-17(23)2-1-3-18(19)24/h1-7,15-16H,8-12H2/t15-,16+/m0/s1. The van der Waals surface area contributed by atoms with E-state index in [2.05, 4.69) is 0 Å². The molecule has 0 unspecified atom stereocenters. The van der Waals surface area contributed by atoms with Gasteiger partial charge in [0.05, 0.1) is 0 Å². The highest BCUT2D eigenvalue weighted by atomic mass is 19.1. The maximum Gasteiger partial charge on any atom is 0.259 e. The highest BCUT2D eigenvalue weighted by molar-refractivity contribution is 5.95. The minimum absolute atomic E-state index is 0.0125. The zero-order valence-electron chi connectivity index (χ0n) is 15.1. The van der Waals surface area contributed by atoms with Crippen LogP contribution in [0.15, 0.2) is 42.5 Å². The van der Waals surface area contributed by atoms with Gasteiger partial charge in [-0.05, 0) is 42.2 Å². The predicted molar refractivity (Wildman–Crippen MR) is 96.1 cm³/mol. The van der Waals surface area contributed by atoms with Gasteiger partial charge >= 0.3 is 0 Å². The maximum atomic E-state index is 13.8. The molecule has 1 saturated carbocycles. The number of amides is 2. The molecule has 2 atom stereocenters. The van der Waals surface area contributed by atoms with Crippen LogP contribution in [0.1, 0.15) is 28.3 Å². The van der Waals surface area contributed by atoms with Crippen LogP contribution < -0.4 is 0 Å².